The molecule has 4 aromatic rings. The predicted molar refractivity (Wildman–Crippen MR) is 124 cm³/mol. The van der Waals surface area contributed by atoms with Crippen LogP contribution in [-0.4, -0.2) is 26.5 Å². The quantitative estimate of drug-likeness (QED) is 0.353. The monoisotopic (exact) mass is 497 g/mol. The molecule has 0 aliphatic carbocycles. The Balaban J connectivity index is 1.70. The Morgan fingerprint density at radius 3 is 2.58 bits per heavy atom. The van der Waals surface area contributed by atoms with Crippen LogP contribution < -0.4 is 5.32 Å². The predicted octanol–water partition coefficient (Wildman–Crippen LogP) is 5.77. The number of benzene rings is 3. The van der Waals surface area contributed by atoms with Crippen LogP contribution in [0.3, 0.4) is 0 Å². The van der Waals surface area contributed by atoms with E-state index in [1.807, 2.05) is 34.9 Å². The second-order valence-electron chi connectivity index (χ2n) is 6.96. The number of aliphatic carboxylic acids is 1. The van der Waals surface area contributed by atoms with E-state index in [0.29, 0.717) is 21.8 Å². The van der Waals surface area contributed by atoms with Crippen LogP contribution in [0.25, 0.3) is 11.0 Å². The number of carbonyl (C=O) groups is 2. The molecule has 0 aliphatic heterocycles. The van der Waals surface area contributed by atoms with Crippen molar-refractivity contribution in [2.24, 2.45) is 0 Å². The zero-order valence-corrected chi connectivity index (χ0v) is 18.5. The fraction of sp³-hybridized carbons (Fsp3) is 0.0870. The molecule has 3 aromatic carbocycles. The van der Waals surface area contributed by atoms with Gasteiger partial charge in [0, 0.05) is 10.2 Å². The number of hydrogen-bond donors (Lipinski definition) is 2. The highest BCUT2D eigenvalue weighted by Crippen LogP contribution is 2.29. The largest absolute Gasteiger partial charge is 0.481 e. The van der Waals surface area contributed by atoms with Gasteiger partial charge < -0.3 is 15.0 Å². The van der Waals surface area contributed by atoms with Crippen molar-refractivity contribution in [3.8, 4) is 0 Å². The van der Waals surface area contributed by atoms with Crippen molar-refractivity contribution in [1.29, 1.82) is 0 Å². The first-order valence-electron chi connectivity index (χ1n) is 9.42. The minimum atomic E-state index is -0.912. The van der Waals surface area contributed by atoms with Gasteiger partial charge in [0.1, 0.15) is 0 Å². The Hall–Kier alpha value is -3.16. The molecule has 0 fully saturated rings. The number of carboxylic acids is 1. The zero-order chi connectivity index (χ0) is 22.0. The first-order valence-corrected chi connectivity index (χ1v) is 10.6. The molecule has 4 rings (SSSR count). The van der Waals surface area contributed by atoms with Gasteiger partial charge in [0.05, 0.1) is 40.4 Å². The van der Waals surface area contributed by atoms with E-state index in [-0.39, 0.29) is 12.3 Å². The number of carboxylic acid groups (broad SMARTS) is 1. The van der Waals surface area contributed by atoms with Crippen molar-refractivity contribution in [3.05, 3.63) is 93.7 Å². The zero-order valence-electron chi connectivity index (χ0n) is 16.1. The average molecular weight is 499 g/mol. The summed E-state index contributed by atoms with van der Waals surface area (Å²) in [5.41, 5.74) is 3.19. The van der Waals surface area contributed by atoms with Crippen molar-refractivity contribution >= 4 is 56.1 Å². The number of rotatable bonds is 6. The number of carbonyl (C=O) groups excluding carboxylic acids is 1. The van der Waals surface area contributed by atoms with Gasteiger partial charge in [0.25, 0.3) is 5.91 Å². The molecule has 0 saturated carbocycles. The van der Waals surface area contributed by atoms with Gasteiger partial charge in [-0.3, -0.25) is 9.59 Å². The van der Waals surface area contributed by atoms with E-state index in [0.717, 1.165) is 15.6 Å². The number of halogens is 2. The fourth-order valence-corrected chi connectivity index (χ4v) is 4.20. The van der Waals surface area contributed by atoms with Crippen LogP contribution in [0, 0.1) is 0 Å². The molecule has 1 unspecified atom stereocenters. The third-order valence-electron chi connectivity index (χ3n) is 4.90. The lowest BCUT2D eigenvalue weighted by Gasteiger charge is -2.18. The number of nitrogens with zero attached hydrogens (tertiary/aromatic N) is 2. The Morgan fingerprint density at radius 2 is 1.87 bits per heavy atom. The van der Waals surface area contributed by atoms with E-state index in [2.05, 4.69) is 26.2 Å². The molecule has 0 saturated heterocycles. The van der Waals surface area contributed by atoms with Crippen LogP contribution in [0.2, 0.25) is 5.02 Å². The van der Waals surface area contributed by atoms with E-state index in [1.165, 1.54) is 0 Å². The number of nitrogens with one attached hydrogen (secondary N) is 1. The molecule has 0 spiro atoms. The summed E-state index contributed by atoms with van der Waals surface area (Å²) in [6.07, 6.45) is 1.53. The Morgan fingerprint density at radius 1 is 1.10 bits per heavy atom. The van der Waals surface area contributed by atoms with Gasteiger partial charge in [-0.1, -0.05) is 57.9 Å². The summed E-state index contributed by atoms with van der Waals surface area (Å²) in [7, 11) is 0. The van der Waals surface area contributed by atoms with Crippen LogP contribution in [0.15, 0.2) is 77.5 Å². The van der Waals surface area contributed by atoms with Gasteiger partial charge in [0.15, 0.2) is 0 Å². The molecule has 0 radical (unpaired) electrons. The summed E-state index contributed by atoms with van der Waals surface area (Å²) in [6, 6.07) is 19.3. The van der Waals surface area contributed by atoms with E-state index in [4.69, 9.17) is 11.6 Å². The van der Waals surface area contributed by atoms with Gasteiger partial charge in [-0.2, -0.15) is 0 Å². The molecule has 8 heteroatoms. The lowest BCUT2D eigenvalue weighted by Crippen LogP contribution is -2.15. The maximum absolute atomic E-state index is 12.7. The van der Waals surface area contributed by atoms with Crippen LogP contribution in [0.1, 0.15) is 28.4 Å². The number of hydrogen-bond acceptors (Lipinski definition) is 3. The highest BCUT2D eigenvalue weighted by atomic mass is 79.9. The summed E-state index contributed by atoms with van der Waals surface area (Å²) >= 11 is 9.52. The van der Waals surface area contributed by atoms with Gasteiger partial charge in [-0.05, 0) is 42.0 Å². The number of imidazole rings is 1. The molecule has 1 heterocycles. The number of anilines is 1. The van der Waals surface area contributed by atoms with Crippen LogP contribution in [0.4, 0.5) is 5.69 Å². The molecular formula is C23H17BrClN3O3. The second-order valence-corrected chi connectivity index (χ2v) is 8.28. The first-order chi connectivity index (χ1) is 14.9. The normalized spacial score (nSPS) is 11.9. The van der Waals surface area contributed by atoms with Crippen molar-refractivity contribution in [3.63, 3.8) is 0 Å². The lowest BCUT2D eigenvalue weighted by molar-refractivity contribution is -0.137. The van der Waals surface area contributed by atoms with Crippen molar-refractivity contribution in [1.82, 2.24) is 9.55 Å². The molecule has 1 amide bonds. The molecular weight excluding hydrogens is 482 g/mol. The summed E-state index contributed by atoms with van der Waals surface area (Å²) < 4.78 is 2.60. The van der Waals surface area contributed by atoms with E-state index in [1.54, 1.807) is 42.7 Å². The molecule has 2 N–H and O–H groups in total. The minimum Gasteiger partial charge on any atom is -0.481 e. The Bertz CT molecular complexity index is 1270. The first kappa shape index (κ1) is 21.1. The van der Waals surface area contributed by atoms with Crippen LogP contribution >= 0.6 is 27.5 Å². The molecule has 156 valence electrons. The lowest BCUT2D eigenvalue weighted by atomic mass is 10.0. The van der Waals surface area contributed by atoms with Gasteiger partial charge in [-0.25, -0.2) is 4.98 Å². The standard InChI is InChI=1S/C23H17BrClN3O3/c24-15-6-8-17(18(25)10-15)23(31)27-16-7-9-19-21(11-16)28(13-26-19)20(12-22(29)30)14-4-2-1-3-5-14/h1-11,13,20H,12H2,(H,27,31)(H,29,30). The SMILES string of the molecule is O=C(O)CC(c1ccccc1)n1cnc2ccc(NC(=O)c3ccc(Br)cc3Cl)cc21. The van der Waals surface area contributed by atoms with Gasteiger partial charge >= 0.3 is 5.97 Å². The molecule has 1 aromatic heterocycles. The average Bonchev–Trinajstić information content (AvgIpc) is 3.15. The number of amides is 1. The second kappa shape index (κ2) is 8.91. The summed E-state index contributed by atoms with van der Waals surface area (Å²) in [4.78, 5) is 28.6. The molecule has 0 aliphatic rings. The Labute approximate surface area is 191 Å². The molecule has 1 atom stereocenters. The third-order valence-corrected chi connectivity index (χ3v) is 5.70. The van der Waals surface area contributed by atoms with Crippen molar-refractivity contribution in [2.75, 3.05) is 5.32 Å². The minimum absolute atomic E-state index is 0.0967. The number of fused-ring (bicyclic) bond motifs is 1. The fourth-order valence-electron chi connectivity index (χ4n) is 3.44. The maximum Gasteiger partial charge on any atom is 0.305 e. The van der Waals surface area contributed by atoms with E-state index in [9.17, 15) is 14.7 Å². The highest BCUT2D eigenvalue weighted by molar-refractivity contribution is 9.10. The van der Waals surface area contributed by atoms with E-state index < -0.39 is 12.0 Å². The van der Waals surface area contributed by atoms with E-state index >= 15 is 0 Å². The maximum atomic E-state index is 12.7. The van der Waals surface area contributed by atoms with Crippen molar-refractivity contribution < 1.29 is 14.7 Å². The summed E-state index contributed by atoms with van der Waals surface area (Å²) in [5, 5.41) is 12.6. The van der Waals surface area contributed by atoms with Gasteiger partial charge in [-0.15, -0.1) is 0 Å². The molecule has 6 nitrogen and oxygen atoms in total. The van der Waals surface area contributed by atoms with Gasteiger partial charge in [0.2, 0.25) is 0 Å². The Kier molecular flexibility index (Phi) is 6.06. The summed E-state index contributed by atoms with van der Waals surface area (Å²) in [5.74, 6) is -1.25. The molecule has 31 heavy (non-hydrogen) atoms. The van der Waals surface area contributed by atoms with Crippen molar-refractivity contribution in [2.45, 2.75) is 12.5 Å². The van der Waals surface area contributed by atoms with Crippen LogP contribution in [-0.2, 0) is 4.79 Å². The number of aromatic nitrogens is 2. The molecule has 0 bridgehead atoms. The van der Waals surface area contributed by atoms with Crippen LogP contribution in [0.5, 0.6) is 0 Å². The highest BCUT2D eigenvalue weighted by Gasteiger charge is 2.20. The third kappa shape index (κ3) is 4.62. The summed E-state index contributed by atoms with van der Waals surface area (Å²) in [6.45, 7) is 0. The smallest absolute Gasteiger partial charge is 0.305 e. The topological polar surface area (TPSA) is 84.2 Å².